The number of hydrogen-bond donors (Lipinski definition) is 1. The quantitative estimate of drug-likeness (QED) is 0.606. The van der Waals surface area contributed by atoms with E-state index in [1.807, 2.05) is 31.6 Å². The SMILES string of the molecule is Cn1c(-c2cnn3ccncc23)nc2ccc(CN)cc21. The highest BCUT2D eigenvalue weighted by atomic mass is 15.2. The van der Waals surface area contributed by atoms with Gasteiger partial charge in [-0.2, -0.15) is 5.10 Å². The first-order valence-corrected chi connectivity index (χ1v) is 6.71. The highest BCUT2D eigenvalue weighted by Gasteiger charge is 2.14. The van der Waals surface area contributed by atoms with Crippen molar-refractivity contribution < 1.29 is 0 Å². The number of aryl methyl sites for hydroxylation is 1. The van der Waals surface area contributed by atoms with Gasteiger partial charge in [0.1, 0.15) is 5.82 Å². The van der Waals surface area contributed by atoms with E-state index >= 15 is 0 Å². The highest BCUT2D eigenvalue weighted by molar-refractivity contribution is 5.85. The molecule has 1 aromatic carbocycles. The molecule has 0 unspecified atom stereocenters. The van der Waals surface area contributed by atoms with Gasteiger partial charge in [-0.25, -0.2) is 9.50 Å². The Morgan fingerprint density at radius 1 is 1.19 bits per heavy atom. The van der Waals surface area contributed by atoms with Gasteiger partial charge in [0.15, 0.2) is 0 Å². The van der Waals surface area contributed by atoms with Gasteiger partial charge in [0.25, 0.3) is 0 Å². The zero-order valence-corrected chi connectivity index (χ0v) is 11.6. The summed E-state index contributed by atoms with van der Waals surface area (Å²) in [6, 6.07) is 6.09. The average Bonchev–Trinajstić information content (AvgIpc) is 3.08. The third-order valence-electron chi connectivity index (χ3n) is 3.75. The van der Waals surface area contributed by atoms with Gasteiger partial charge in [-0.3, -0.25) is 4.98 Å². The molecule has 4 rings (SSSR count). The summed E-state index contributed by atoms with van der Waals surface area (Å²) in [5.74, 6) is 0.877. The summed E-state index contributed by atoms with van der Waals surface area (Å²) in [6.45, 7) is 0.525. The first kappa shape index (κ1) is 12.0. The molecule has 0 bridgehead atoms. The van der Waals surface area contributed by atoms with E-state index in [2.05, 4.69) is 20.7 Å². The maximum absolute atomic E-state index is 5.72. The van der Waals surface area contributed by atoms with E-state index < -0.39 is 0 Å². The van der Waals surface area contributed by atoms with Crippen LogP contribution in [0.1, 0.15) is 5.56 Å². The van der Waals surface area contributed by atoms with Crippen LogP contribution < -0.4 is 5.73 Å². The number of fused-ring (bicyclic) bond motifs is 2. The third-order valence-corrected chi connectivity index (χ3v) is 3.75. The minimum Gasteiger partial charge on any atom is -0.327 e. The molecule has 0 spiro atoms. The smallest absolute Gasteiger partial charge is 0.144 e. The Hall–Kier alpha value is -2.73. The van der Waals surface area contributed by atoms with Crippen LogP contribution in [-0.2, 0) is 13.6 Å². The minimum atomic E-state index is 0.525. The van der Waals surface area contributed by atoms with Crippen LogP contribution in [0.25, 0.3) is 27.9 Å². The van der Waals surface area contributed by atoms with Crippen molar-refractivity contribution in [3.63, 3.8) is 0 Å². The largest absolute Gasteiger partial charge is 0.327 e. The molecule has 3 aromatic heterocycles. The molecule has 0 fully saturated rings. The maximum Gasteiger partial charge on any atom is 0.144 e. The standard InChI is InChI=1S/C15H14N6/c1-20-13-6-10(7-16)2-3-12(13)19-15(20)11-8-18-21-5-4-17-9-14(11)21/h2-6,8-9H,7,16H2,1H3. The number of hydrogen-bond acceptors (Lipinski definition) is 4. The summed E-state index contributed by atoms with van der Waals surface area (Å²) in [6.07, 6.45) is 7.16. The van der Waals surface area contributed by atoms with Crippen molar-refractivity contribution in [1.82, 2.24) is 24.1 Å². The molecule has 3 heterocycles. The van der Waals surface area contributed by atoms with Crippen LogP contribution in [0.4, 0.5) is 0 Å². The van der Waals surface area contributed by atoms with E-state index in [9.17, 15) is 0 Å². The fourth-order valence-corrected chi connectivity index (χ4v) is 2.61. The van der Waals surface area contributed by atoms with Crippen molar-refractivity contribution in [1.29, 1.82) is 0 Å². The monoisotopic (exact) mass is 278 g/mol. The van der Waals surface area contributed by atoms with Gasteiger partial charge in [0.05, 0.1) is 34.5 Å². The zero-order chi connectivity index (χ0) is 14.4. The topological polar surface area (TPSA) is 74.0 Å². The molecule has 0 saturated carbocycles. The van der Waals surface area contributed by atoms with Crippen LogP contribution in [-0.4, -0.2) is 24.1 Å². The molecular formula is C15H14N6. The molecule has 0 aliphatic rings. The lowest BCUT2D eigenvalue weighted by molar-refractivity contribution is 0.946. The number of imidazole rings is 1. The van der Waals surface area contributed by atoms with Crippen LogP contribution >= 0.6 is 0 Å². The Morgan fingerprint density at radius 2 is 2.10 bits per heavy atom. The Kier molecular flexibility index (Phi) is 2.52. The fourth-order valence-electron chi connectivity index (χ4n) is 2.61. The molecule has 6 nitrogen and oxygen atoms in total. The van der Waals surface area contributed by atoms with Gasteiger partial charge in [0.2, 0.25) is 0 Å². The van der Waals surface area contributed by atoms with E-state index in [0.717, 1.165) is 33.5 Å². The molecule has 4 aromatic rings. The van der Waals surface area contributed by atoms with Crippen molar-refractivity contribution in [2.75, 3.05) is 0 Å². The number of nitrogens with two attached hydrogens (primary N) is 1. The molecule has 2 N–H and O–H groups in total. The summed E-state index contributed by atoms with van der Waals surface area (Å²) < 4.78 is 3.87. The molecule has 21 heavy (non-hydrogen) atoms. The fraction of sp³-hybridized carbons (Fsp3) is 0.133. The third kappa shape index (κ3) is 1.73. The van der Waals surface area contributed by atoms with Crippen molar-refractivity contribution in [2.24, 2.45) is 12.8 Å². The molecule has 0 saturated heterocycles. The number of rotatable bonds is 2. The van der Waals surface area contributed by atoms with Crippen LogP contribution in [0, 0.1) is 0 Å². The Balaban J connectivity index is 2.00. The van der Waals surface area contributed by atoms with Crippen LogP contribution in [0.15, 0.2) is 43.0 Å². The Bertz CT molecular complexity index is 949. The summed E-state index contributed by atoms with van der Waals surface area (Å²) in [5, 5.41) is 4.34. The molecular weight excluding hydrogens is 264 g/mol. The predicted octanol–water partition coefficient (Wildman–Crippen LogP) is 1.74. The molecule has 0 atom stereocenters. The second-order valence-corrected chi connectivity index (χ2v) is 4.99. The molecule has 0 radical (unpaired) electrons. The minimum absolute atomic E-state index is 0.525. The normalized spacial score (nSPS) is 11.5. The Morgan fingerprint density at radius 3 is 2.95 bits per heavy atom. The lowest BCUT2D eigenvalue weighted by Crippen LogP contribution is -1.97. The van der Waals surface area contributed by atoms with E-state index in [1.165, 1.54) is 0 Å². The lowest BCUT2D eigenvalue weighted by Gasteiger charge is -2.01. The van der Waals surface area contributed by atoms with Crippen molar-refractivity contribution >= 4 is 16.6 Å². The average molecular weight is 278 g/mol. The number of benzene rings is 1. The van der Waals surface area contributed by atoms with E-state index in [0.29, 0.717) is 6.54 Å². The lowest BCUT2D eigenvalue weighted by atomic mass is 10.2. The van der Waals surface area contributed by atoms with Crippen LogP contribution in [0.3, 0.4) is 0 Å². The van der Waals surface area contributed by atoms with Gasteiger partial charge in [-0.1, -0.05) is 6.07 Å². The van der Waals surface area contributed by atoms with Crippen LogP contribution in [0.5, 0.6) is 0 Å². The van der Waals surface area contributed by atoms with Gasteiger partial charge < -0.3 is 10.3 Å². The van der Waals surface area contributed by atoms with Crippen molar-refractivity contribution in [3.8, 4) is 11.4 Å². The maximum atomic E-state index is 5.72. The summed E-state index contributed by atoms with van der Waals surface area (Å²) >= 11 is 0. The van der Waals surface area contributed by atoms with Crippen LogP contribution in [0.2, 0.25) is 0 Å². The summed E-state index contributed by atoms with van der Waals surface area (Å²) in [7, 11) is 2.00. The molecule has 0 aliphatic carbocycles. The first-order chi connectivity index (χ1) is 10.3. The molecule has 0 aliphatic heterocycles. The molecule has 0 amide bonds. The van der Waals surface area contributed by atoms with E-state index in [1.54, 1.807) is 16.9 Å². The van der Waals surface area contributed by atoms with Gasteiger partial charge in [-0.15, -0.1) is 0 Å². The number of nitrogens with zero attached hydrogens (tertiary/aromatic N) is 5. The van der Waals surface area contributed by atoms with Gasteiger partial charge in [0, 0.05) is 26.0 Å². The molecule has 6 heteroatoms. The highest BCUT2D eigenvalue weighted by Crippen LogP contribution is 2.27. The van der Waals surface area contributed by atoms with E-state index in [-0.39, 0.29) is 0 Å². The second kappa shape index (κ2) is 4.39. The predicted molar refractivity (Wildman–Crippen MR) is 80.6 cm³/mol. The van der Waals surface area contributed by atoms with Crippen molar-refractivity contribution in [2.45, 2.75) is 6.54 Å². The summed E-state index contributed by atoms with van der Waals surface area (Å²) in [4.78, 5) is 8.89. The van der Waals surface area contributed by atoms with E-state index in [4.69, 9.17) is 10.7 Å². The van der Waals surface area contributed by atoms with Gasteiger partial charge >= 0.3 is 0 Å². The van der Waals surface area contributed by atoms with Gasteiger partial charge in [-0.05, 0) is 17.7 Å². The molecule has 104 valence electrons. The zero-order valence-electron chi connectivity index (χ0n) is 11.6. The Labute approximate surface area is 120 Å². The number of aromatic nitrogens is 5. The van der Waals surface area contributed by atoms with Crippen molar-refractivity contribution in [3.05, 3.63) is 48.5 Å². The first-order valence-electron chi connectivity index (χ1n) is 6.71. The summed E-state index contributed by atoms with van der Waals surface area (Å²) in [5.41, 5.74) is 10.7. The second-order valence-electron chi connectivity index (χ2n) is 4.99.